The number of hydrogen-bond acceptors (Lipinski definition) is 3. The smallest absolute Gasteiger partial charge is 0.128 e. The lowest BCUT2D eigenvalue weighted by Gasteiger charge is -2.27. The van der Waals surface area contributed by atoms with Crippen molar-refractivity contribution < 1.29 is 0 Å². The molecule has 0 aliphatic rings. The van der Waals surface area contributed by atoms with E-state index in [2.05, 4.69) is 37.7 Å². The Morgan fingerprint density at radius 2 is 1.93 bits per heavy atom. The molecule has 0 aliphatic heterocycles. The lowest BCUT2D eigenvalue weighted by atomic mass is 9.96. The molecular formula is C12H21N3. The van der Waals surface area contributed by atoms with E-state index in [0.717, 1.165) is 23.7 Å². The Morgan fingerprint density at radius 3 is 2.40 bits per heavy atom. The van der Waals surface area contributed by atoms with Crippen molar-refractivity contribution in [3.63, 3.8) is 0 Å². The zero-order chi connectivity index (χ0) is 11.6. The molecule has 0 amide bonds. The highest BCUT2D eigenvalue weighted by atomic mass is 15.2. The lowest BCUT2D eigenvalue weighted by molar-refractivity contribution is 0.418. The quantitative estimate of drug-likeness (QED) is 0.810. The molecule has 0 saturated heterocycles. The van der Waals surface area contributed by atoms with Gasteiger partial charge in [-0.05, 0) is 24.5 Å². The first-order valence-electron chi connectivity index (χ1n) is 5.24. The van der Waals surface area contributed by atoms with E-state index in [-0.39, 0.29) is 5.41 Å². The van der Waals surface area contributed by atoms with Crippen LogP contribution in [-0.4, -0.2) is 18.6 Å². The van der Waals surface area contributed by atoms with Crippen molar-refractivity contribution in [2.24, 2.45) is 5.41 Å². The summed E-state index contributed by atoms with van der Waals surface area (Å²) in [7, 11) is 2.06. The molecule has 0 fully saturated rings. The van der Waals surface area contributed by atoms with Gasteiger partial charge in [-0.1, -0.05) is 20.8 Å². The fourth-order valence-corrected chi connectivity index (χ4v) is 1.56. The van der Waals surface area contributed by atoms with Crippen molar-refractivity contribution in [3.05, 3.63) is 17.8 Å². The third-order valence-electron chi connectivity index (χ3n) is 2.21. The van der Waals surface area contributed by atoms with Crippen LogP contribution in [0.15, 0.2) is 12.1 Å². The Labute approximate surface area is 92.3 Å². The van der Waals surface area contributed by atoms with Gasteiger partial charge in [0.25, 0.3) is 0 Å². The van der Waals surface area contributed by atoms with E-state index in [0.29, 0.717) is 0 Å². The van der Waals surface area contributed by atoms with Gasteiger partial charge in [-0.3, -0.25) is 0 Å². The first kappa shape index (κ1) is 11.8. The fraction of sp³-hybridized carbons (Fsp3) is 0.583. The topological polar surface area (TPSA) is 42.2 Å². The first-order valence-corrected chi connectivity index (χ1v) is 5.24. The molecule has 0 spiro atoms. The van der Waals surface area contributed by atoms with E-state index in [1.54, 1.807) is 0 Å². The second-order valence-electron chi connectivity index (χ2n) is 5.26. The summed E-state index contributed by atoms with van der Waals surface area (Å²) in [4.78, 5) is 6.62. The van der Waals surface area contributed by atoms with Crippen LogP contribution in [0.2, 0.25) is 0 Å². The van der Waals surface area contributed by atoms with Gasteiger partial charge in [0.1, 0.15) is 5.82 Å². The van der Waals surface area contributed by atoms with Gasteiger partial charge in [-0.25, -0.2) is 4.98 Å². The highest BCUT2D eigenvalue weighted by molar-refractivity contribution is 5.50. The van der Waals surface area contributed by atoms with E-state index in [4.69, 9.17) is 5.73 Å². The van der Waals surface area contributed by atoms with Gasteiger partial charge < -0.3 is 10.6 Å². The maximum absolute atomic E-state index is 5.74. The van der Waals surface area contributed by atoms with Crippen molar-refractivity contribution in [1.82, 2.24) is 4.98 Å². The number of rotatable bonds is 2. The summed E-state index contributed by atoms with van der Waals surface area (Å²) in [6.07, 6.45) is 0. The molecule has 0 aliphatic carbocycles. The highest BCUT2D eigenvalue weighted by Gasteiger charge is 2.14. The minimum Gasteiger partial charge on any atom is -0.397 e. The number of anilines is 2. The number of aromatic nitrogens is 1. The van der Waals surface area contributed by atoms with Crippen LogP contribution in [0.4, 0.5) is 11.5 Å². The van der Waals surface area contributed by atoms with Gasteiger partial charge in [-0.15, -0.1) is 0 Å². The largest absolute Gasteiger partial charge is 0.397 e. The van der Waals surface area contributed by atoms with Crippen LogP contribution in [0.25, 0.3) is 0 Å². The normalized spacial score (nSPS) is 11.5. The summed E-state index contributed by atoms with van der Waals surface area (Å²) >= 11 is 0. The maximum Gasteiger partial charge on any atom is 0.128 e. The van der Waals surface area contributed by atoms with E-state index < -0.39 is 0 Å². The van der Waals surface area contributed by atoms with Crippen LogP contribution in [0, 0.1) is 12.3 Å². The number of nitrogens with two attached hydrogens (primary N) is 1. The Morgan fingerprint density at radius 1 is 1.33 bits per heavy atom. The van der Waals surface area contributed by atoms with Crippen molar-refractivity contribution in [3.8, 4) is 0 Å². The number of nitrogens with zero attached hydrogens (tertiary/aromatic N) is 2. The average Bonchev–Trinajstić information content (AvgIpc) is 2.06. The third kappa shape index (κ3) is 3.42. The van der Waals surface area contributed by atoms with Crippen LogP contribution in [0.3, 0.4) is 0 Å². The summed E-state index contributed by atoms with van der Waals surface area (Å²) in [5, 5.41) is 0. The van der Waals surface area contributed by atoms with Gasteiger partial charge in [0.05, 0.1) is 11.4 Å². The zero-order valence-electron chi connectivity index (χ0n) is 10.3. The Balaban J connectivity index is 2.83. The van der Waals surface area contributed by atoms with E-state index in [9.17, 15) is 0 Å². The minimum atomic E-state index is 0.270. The van der Waals surface area contributed by atoms with Gasteiger partial charge in [0.2, 0.25) is 0 Å². The fourth-order valence-electron chi connectivity index (χ4n) is 1.56. The molecule has 84 valence electrons. The molecule has 15 heavy (non-hydrogen) atoms. The van der Waals surface area contributed by atoms with Crippen molar-refractivity contribution in [2.75, 3.05) is 24.2 Å². The lowest BCUT2D eigenvalue weighted by Crippen LogP contribution is -2.29. The number of aryl methyl sites for hydroxylation is 1. The number of nitrogen functional groups attached to an aromatic ring is 1. The second-order valence-corrected chi connectivity index (χ2v) is 5.26. The molecule has 0 saturated carbocycles. The summed E-state index contributed by atoms with van der Waals surface area (Å²) in [5.74, 6) is 0.983. The van der Waals surface area contributed by atoms with E-state index in [1.165, 1.54) is 0 Å². The molecule has 0 radical (unpaired) electrons. The molecule has 2 N–H and O–H groups in total. The molecule has 0 bridgehead atoms. The Kier molecular flexibility index (Phi) is 3.22. The predicted octanol–water partition coefficient (Wildman–Crippen LogP) is 2.45. The molecule has 3 heteroatoms. The summed E-state index contributed by atoms with van der Waals surface area (Å²) in [6, 6.07) is 3.88. The van der Waals surface area contributed by atoms with Crippen molar-refractivity contribution in [1.29, 1.82) is 0 Å². The maximum atomic E-state index is 5.74. The molecule has 1 aromatic rings. The molecule has 3 nitrogen and oxygen atoms in total. The SMILES string of the molecule is Cc1nc(N(C)CC(C)(C)C)ccc1N. The number of pyridine rings is 1. The van der Waals surface area contributed by atoms with Crippen molar-refractivity contribution >= 4 is 11.5 Å². The highest BCUT2D eigenvalue weighted by Crippen LogP contribution is 2.20. The summed E-state index contributed by atoms with van der Waals surface area (Å²) in [5.41, 5.74) is 7.65. The molecule has 0 atom stereocenters. The molecular weight excluding hydrogens is 186 g/mol. The average molecular weight is 207 g/mol. The number of hydrogen-bond donors (Lipinski definition) is 1. The Bertz CT molecular complexity index is 339. The van der Waals surface area contributed by atoms with E-state index >= 15 is 0 Å². The first-order chi connectivity index (χ1) is 6.79. The van der Waals surface area contributed by atoms with Gasteiger partial charge in [-0.2, -0.15) is 0 Å². The monoisotopic (exact) mass is 207 g/mol. The van der Waals surface area contributed by atoms with Crippen LogP contribution >= 0.6 is 0 Å². The molecule has 0 unspecified atom stereocenters. The molecule has 1 aromatic heterocycles. The van der Waals surface area contributed by atoms with Gasteiger partial charge in [0.15, 0.2) is 0 Å². The second kappa shape index (κ2) is 4.09. The van der Waals surface area contributed by atoms with Crippen LogP contribution in [0.5, 0.6) is 0 Å². The van der Waals surface area contributed by atoms with Crippen LogP contribution in [0.1, 0.15) is 26.5 Å². The van der Waals surface area contributed by atoms with E-state index in [1.807, 2.05) is 19.1 Å². The molecule has 1 heterocycles. The van der Waals surface area contributed by atoms with Crippen LogP contribution < -0.4 is 10.6 Å². The standard InChI is InChI=1S/C12H21N3/c1-9-10(13)6-7-11(14-9)15(5)8-12(2,3)4/h6-7H,8,13H2,1-5H3. The summed E-state index contributed by atoms with van der Waals surface area (Å²) in [6.45, 7) is 9.56. The van der Waals surface area contributed by atoms with Gasteiger partial charge in [0, 0.05) is 13.6 Å². The Hall–Kier alpha value is -1.25. The van der Waals surface area contributed by atoms with Crippen LogP contribution in [-0.2, 0) is 0 Å². The predicted molar refractivity (Wildman–Crippen MR) is 66.1 cm³/mol. The summed E-state index contributed by atoms with van der Waals surface area (Å²) < 4.78 is 0. The minimum absolute atomic E-state index is 0.270. The molecule has 0 aromatic carbocycles. The van der Waals surface area contributed by atoms with Crippen molar-refractivity contribution in [2.45, 2.75) is 27.7 Å². The zero-order valence-corrected chi connectivity index (χ0v) is 10.3. The molecule has 1 rings (SSSR count). The third-order valence-corrected chi connectivity index (χ3v) is 2.21. The van der Waals surface area contributed by atoms with Gasteiger partial charge >= 0.3 is 0 Å².